The molecule has 1 N–H and O–H groups in total. The van der Waals surface area contributed by atoms with Crippen molar-refractivity contribution in [3.63, 3.8) is 0 Å². The Bertz CT molecular complexity index is 1540. The van der Waals surface area contributed by atoms with E-state index in [-0.39, 0.29) is 23.6 Å². The van der Waals surface area contributed by atoms with Crippen LogP contribution in [0.15, 0.2) is 79.0 Å². The molecule has 0 saturated carbocycles. The number of carbonyl (C=O) groups excluding carboxylic acids is 1. The van der Waals surface area contributed by atoms with E-state index in [1.165, 1.54) is 12.3 Å². The predicted molar refractivity (Wildman–Crippen MR) is 128 cm³/mol. The fourth-order valence-corrected chi connectivity index (χ4v) is 3.56. The SMILES string of the molecule is O=C(N[C@@H](c1ccc(OC(F)(F)F)c(F)c1)c1ncccc1F)c1ccc([N+](=O)[O-])c(OCc2ccccc2)n1. The molecule has 2 heterocycles. The van der Waals surface area contributed by atoms with E-state index in [9.17, 15) is 36.9 Å². The lowest BCUT2D eigenvalue weighted by Gasteiger charge is -2.20. The number of nitrogens with zero attached hydrogens (tertiary/aromatic N) is 3. The molecule has 0 fully saturated rings. The first-order chi connectivity index (χ1) is 19.0. The molecule has 0 saturated heterocycles. The molecule has 2 aromatic carbocycles. The molecule has 0 spiro atoms. The number of alkyl halides is 3. The van der Waals surface area contributed by atoms with Crippen molar-refractivity contribution in [2.45, 2.75) is 19.0 Å². The van der Waals surface area contributed by atoms with Crippen LogP contribution in [-0.2, 0) is 6.61 Å². The Morgan fingerprint density at radius 1 is 1.00 bits per heavy atom. The first kappa shape index (κ1) is 27.9. The number of carbonyl (C=O) groups is 1. The third kappa shape index (κ3) is 6.83. The zero-order valence-corrected chi connectivity index (χ0v) is 20.1. The third-order valence-electron chi connectivity index (χ3n) is 5.34. The summed E-state index contributed by atoms with van der Waals surface area (Å²) in [6.07, 6.45) is -3.97. The summed E-state index contributed by atoms with van der Waals surface area (Å²) in [7, 11) is 0. The molecule has 0 unspecified atom stereocenters. The van der Waals surface area contributed by atoms with Crippen molar-refractivity contribution in [1.29, 1.82) is 0 Å². The number of pyridine rings is 2. The van der Waals surface area contributed by atoms with E-state index in [1.54, 1.807) is 30.3 Å². The van der Waals surface area contributed by atoms with Crippen molar-refractivity contribution >= 4 is 11.6 Å². The molecule has 0 aliphatic heterocycles. The molecule has 9 nitrogen and oxygen atoms in total. The molecule has 206 valence electrons. The van der Waals surface area contributed by atoms with Crippen molar-refractivity contribution in [3.05, 3.63) is 123 Å². The van der Waals surface area contributed by atoms with Gasteiger partial charge in [0.2, 0.25) is 0 Å². The lowest BCUT2D eigenvalue weighted by molar-refractivity contribution is -0.386. The van der Waals surface area contributed by atoms with Crippen LogP contribution in [0, 0.1) is 21.7 Å². The van der Waals surface area contributed by atoms with Crippen LogP contribution in [0.4, 0.5) is 27.6 Å². The average Bonchev–Trinajstić information content (AvgIpc) is 2.91. The van der Waals surface area contributed by atoms with E-state index < -0.39 is 52.2 Å². The Kier molecular flexibility index (Phi) is 8.17. The molecular formula is C26H17F5N4O5. The predicted octanol–water partition coefficient (Wildman–Crippen LogP) is 5.66. The van der Waals surface area contributed by atoms with E-state index in [0.29, 0.717) is 17.7 Å². The molecule has 0 aliphatic carbocycles. The molecule has 0 aliphatic rings. The van der Waals surface area contributed by atoms with Gasteiger partial charge in [-0.05, 0) is 41.5 Å². The number of hydrogen-bond donors (Lipinski definition) is 1. The molecule has 1 amide bonds. The molecule has 0 bridgehead atoms. The second-order valence-corrected chi connectivity index (χ2v) is 8.07. The van der Waals surface area contributed by atoms with E-state index >= 15 is 0 Å². The third-order valence-corrected chi connectivity index (χ3v) is 5.34. The summed E-state index contributed by atoms with van der Waals surface area (Å²) in [5, 5.41) is 13.9. The maximum atomic E-state index is 14.7. The lowest BCUT2D eigenvalue weighted by atomic mass is 10.0. The second kappa shape index (κ2) is 11.7. The Morgan fingerprint density at radius 3 is 2.40 bits per heavy atom. The van der Waals surface area contributed by atoms with E-state index in [1.807, 2.05) is 0 Å². The molecule has 1 atom stereocenters. The highest BCUT2D eigenvalue weighted by molar-refractivity contribution is 5.93. The van der Waals surface area contributed by atoms with Gasteiger partial charge in [0.1, 0.15) is 23.8 Å². The van der Waals surface area contributed by atoms with Gasteiger partial charge in [0, 0.05) is 12.3 Å². The Morgan fingerprint density at radius 2 is 1.75 bits per heavy atom. The number of hydrogen-bond acceptors (Lipinski definition) is 7. The van der Waals surface area contributed by atoms with E-state index in [4.69, 9.17) is 4.74 Å². The fraction of sp³-hybridized carbons (Fsp3) is 0.115. The normalized spacial score (nSPS) is 11.9. The maximum Gasteiger partial charge on any atom is 0.573 e. The highest BCUT2D eigenvalue weighted by atomic mass is 19.4. The molecule has 4 rings (SSSR count). The zero-order chi connectivity index (χ0) is 28.9. The minimum absolute atomic E-state index is 0.104. The zero-order valence-electron chi connectivity index (χ0n) is 20.1. The molecular weight excluding hydrogens is 543 g/mol. The van der Waals surface area contributed by atoms with Gasteiger partial charge >= 0.3 is 12.0 Å². The molecule has 0 radical (unpaired) electrons. The monoisotopic (exact) mass is 560 g/mol. The minimum atomic E-state index is -5.16. The summed E-state index contributed by atoms with van der Waals surface area (Å²) in [5.41, 5.74) is -0.809. The Hall–Kier alpha value is -5.14. The topological polar surface area (TPSA) is 116 Å². The molecule has 40 heavy (non-hydrogen) atoms. The van der Waals surface area contributed by atoms with Gasteiger partial charge in [-0.25, -0.2) is 13.8 Å². The van der Waals surface area contributed by atoms with Crippen LogP contribution in [0.2, 0.25) is 0 Å². The van der Waals surface area contributed by atoms with E-state index in [2.05, 4.69) is 20.0 Å². The van der Waals surface area contributed by atoms with Crippen LogP contribution in [0.1, 0.15) is 33.4 Å². The van der Waals surface area contributed by atoms with Crippen LogP contribution >= 0.6 is 0 Å². The maximum absolute atomic E-state index is 14.7. The largest absolute Gasteiger partial charge is 0.573 e. The standard InChI is InChI=1S/C26H17F5N4O5/c27-17-7-4-12-32-23(17)22(16-8-11-21(18(28)13-16)40-26(29,30)31)34-24(36)19-9-10-20(35(37)38)25(33-19)39-14-15-5-2-1-3-6-15/h1-13,22H,14H2,(H,34,36)/t22-/m0/s1. The van der Waals surface area contributed by atoms with Gasteiger partial charge in [0.05, 0.1) is 11.0 Å². The second-order valence-electron chi connectivity index (χ2n) is 8.07. The summed E-state index contributed by atoms with van der Waals surface area (Å²) in [5.74, 6) is -4.95. The fourth-order valence-electron chi connectivity index (χ4n) is 3.56. The van der Waals surface area contributed by atoms with Crippen LogP contribution in [0.25, 0.3) is 0 Å². The number of amides is 1. The van der Waals surface area contributed by atoms with Crippen molar-refractivity contribution in [2.75, 3.05) is 0 Å². The van der Waals surface area contributed by atoms with Gasteiger partial charge < -0.3 is 14.8 Å². The number of benzene rings is 2. The quantitative estimate of drug-likeness (QED) is 0.160. The number of halogens is 5. The van der Waals surface area contributed by atoms with Gasteiger partial charge in [0.15, 0.2) is 11.6 Å². The summed E-state index contributed by atoms with van der Waals surface area (Å²) in [4.78, 5) is 31.7. The van der Waals surface area contributed by atoms with Crippen LogP contribution < -0.4 is 14.8 Å². The summed E-state index contributed by atoms with van der Waals surface area (Å²) in [6.45, 7) is -0.104. The summed E-state index contributed by atoms with van der Waals surface area (Å²) < 4.78 is 75.9. The Labute approximate surface area is 222 Å². The smallest absolute Gasteiger partial charge is 0.468 e. The van der Waals surface area contributed by atoms with Gasteiger partial charge in [-0.3, -0.25) is 19.9 Å². The van der Waals surface area contributed by atoms with Crippen molar-refractivity contribution in [3.8, 4) is 11.6 Å². The number of nitrogens with one attached hydrogen (secondary N) is 1. The average molecular weight is 560 g/mol. The lowest BCUT2D eigenvalue weighted by Crippen LogP contribution is -2.31. The van der Waals surface area contributed by atoms with Crippen molar-refractivity contribution in [2.24, 2.45) is 0 Å². The first-order valence-corrected chi connectivity index (χ1v) is 11.3. The highest BCUT2D eigenvalue weighted by Gasteiger charge is 2.33. The van der Waals surface area contributed by atoms with E-state index in [0.717, 1.165) is 24.3 Å². The van der Waals surface area contributed by atoms with Crippen LogP contribution in [-0.4, -0.2) is 27.2 Å². The number of rotatable bonds is 9. The highest BCUT2D eigenvalue weighted by Crippen LogP contribution is 2.31. The van der Waals surface area contributed by atoms with Crippen molar-refractivity contribution < 1.29 is 41.1 Å². The molecule has 14 heteroatoms. The van der Waals surface area contributed by atoms with Crippen molar-refractivity contribution in [1.82, 2.24) is 15.3 Å². The summed E-state index contributed by atoms with van der Waals surface area (Å²) in [6, 6.07) is 13.7. The first-order valence-electron chi connectivity index (χ1n) is 11.3. The minimum Gasteiger partial charge on any atom is -0.468 e. The Balaban J connectivity index is 1.66. The molecule has 2 aromatic heterocycles. The van der Waals surface area contributed by atoms with Gasteiger partial charge in [-0.2, -0.15) is 0 Å². The van der Waals surface area contributed by atoms with Gasteiger partial charge in [-0.15, -0.1) is 13.2 Å². The number of nitro groups is 1. The van der Waals surface area contributed by atoms with Crippen LogP contribution in [0.3, 0.4) is 0 Å². The molecule has 4 aromatic rings. The number of aromatic nitrogens is 2. The van der Waals surface area contributed by atoms with Gasteiger partial charge in [0.25, 0.3) is 11.8 Å². The summed E-state index contributed by atoms with van der Waals surface area (Å²) >= 11 is 0. The van der Waals surface area contributed by atoms with Gasteiger partial charge in [-0.1, -0.05) is 36.4 Å². The van der Waals surface area contributed by atoms with Crippen LogP contribution in [0.5, 0.6) is 11.6 Å². The number of ether oxygens (including phenoxy) is 2.